The van der Waals surface area contributed by atoms with Gasteiger partial charge in [0.05, 0.1) is 18.1 Å². The molecule has 1 saturated heterocycles. The Morgan fingerprint density at radius 2 is 1.81 bits per heavy atom. The zero-order chi connectivity index (χ0) is 23.0. The molecule has 4 rings (SSSR count). The molecule has 1 unspecified atom stereocenters. The van der Waals surface area contributed by atoms with Crippen LogP contribution in [0.15, 0.2) is 36.7 Å². The summed E-state index contributed by atoms with van der Waals surface area (Å²) in [5.74, 6) is 0.660. The van der Waals surface area contributed by atoms with Crippen molar-refractivity contribution in [2.45, 2.75) is 39.3 Å². The maximum Gasteiger partial charge on any atom is 0.344 e. The molecule has 170 valence electrons. The number of nitrogens with zero attached hydrogens (tertiary/aromatic N) is 5. The highest BCUT2D eigenvalue weighted by Crippen LogP contribution is 2.41. The van der Waals surface area contributed by atoms with Gasteiger partial charge in [0.1, 0.15) is 0 Å². The highest BCUT2D eigenvalue weighted by atomic mass is 35.5. The second kappa shape index (κ2) is 8.94. The number of aromatic nitrogens is 2. The number of hydrogen-bond acceptors (Lipinski definition) is 4. The SMILES string of the molecule is CC(=O)N(C)c1cnn(C(=O)N2C[C@H]3CC(N(Cc4cccc(Cl)c4)C(C)=O)C[C@H]3C2)c1. The number of benzene rings is 1. The molecule has 3 amide bonds. The van der Waals surface area contributed by atoms with Gasteiger partial charge in [-0.2, -0.15) is 9.78 Å². The number of halogens is 1. The first-order valence-corrected chi connectivity index (χ1v) is 11.2. The first-order valence-electron chi connectivity index (χ1n) is 10.8. The largest absolute Gasteiger partial charge is 0.344 e. The van der Waals surface area contributed by atoms with Crippen molar-refractivity contribution < 1.29 is 14.4 Å². The Balaban J connectivity index is 1.38. The Bertz CT molecular complexity index is 1020. The smallest absolute Gasteiger partial charge is 0.336 e. The zero-order valence-corrected chi connectivity index (χ0v) is 19.3. The van der Waals surface area contributed by atoms with Crippen LogP contribution in [0.3, 0.4) is 0 Å². The molecule has 0 radical (unpaired) electrons. The molecule has 1 aromatic carbocycles. The molecule has 2 fully saturated rings. The molecule has 1 aromatic heterocycles. The number of amides is 3. The van der Waals surface area contributed by atoms with Gasteiger partial charge in [-0.15, -0.1) is 0 Å². The topological polar surface area (TPSA) is 78.8 Å². The number of likely N-dealkylation sites (tertiary alicyclic amines) is 1. The van der Waals surface area contributed by atoms with E-state index >= 15 is 0 Å². The van der Waals surface area contributed by atoms with E-state index in [1.807, 2.05) is 34.1 Å². The molecule has 0 bridgehead atoms. The molecule has 1 saturated carbocycles. The van der Waals surface area contributed by atoms with Gasteiger partial charge in [-0.1, -0.05) is 23.7 Å². The van der Waals surface area contributed by atoms with Crippen molar-refractivity contribution in [3.05, 3.63) is 47.2 Å². The van der Waals surface area contributed by atoms with Gasteiger partial charge in [-0.25, -0.2) is 4.79 Å². The minimum absolute atomic E-state index is 0.0570. The molecule has 0 N–H and O–H groups in total. The Morgan fingerprint density at radius 1 is 1.12 bits per heavy atom. The highest BCUT2D eigenvalue weighted by molar-refractivity contribution is 6.30. The third-order valence-corrected chi connectivity index (χ3v) is 6.94. The van der Waals surface area contributed by atoms with Crippen molar-refractivity contribution in [3.8, 4) is 0 Å². The van der Waals surface area contributed by atoms with E-state index in [2.05, 4.69) is 5.10 Å². The van der Waals surface area contributed by atoms with Gasteiger partial charge in [-0.05, 0) is 42.4 Å². The Labute approximate surface area is 192 Å². The maximum atomic E-state index is 12.9. The molecule has 1 aliphatic carbocycles. The lowest BCUT2D eigenvalue weighted by Crippen LogP contribution is -2.39. The van der Waals surface area contributed by atoms with Gasteiger partial charge >= 0.3 is 6.03 Å². The van der Waals surface area contributed by atoms with Gasteiger partial charge in [0.15, 0.2) is 0 Å². The van der Waals surface area contributed by atoms with Crippen molar-refractivity contribution in [2.75, 3.05) is 25.0 Å². The van der Waals surface area contributed by atoms with Crippen LogP contribution in [0.5, 0.6) is 0 Å². The van der Waals surface area contributed by atoms with E-state index in [1.165, 1.54) is 22.7 Å². The van der Waals surface area contributed by atoms with Crippen LogP contribution >= 0.6 is 11.6 Å². The fraction of sp³-hybridized carbons (Fsp3) is 0.478. The summed E-state index contributed by atoms with van der Waals surface area (Å²) in [6, 6.07) is 7.60. The van der Waals surface area contributed by atoms with E-state index in [0.29, 0.717) is 42.2 Å². The first-order chi connectivity index (χ1) is 15.2. The van der Waals surface area contributed by atoms with Crippen molar-refractivity contribution in [3.63, 3.8) is 0 Å². The van der Waals surface area contributed by atoms with Crippen molar-refractivity contribution in [1.82, 2.24) is 19.6 Å². The number of hydrogen-bond donors (Lipinski definition) is 0. The van der Waals surface area contributed by atoms with Crippen LogP contribution in [0, 0.1) is 11.8 Å². The van der Waals surface area contributed by atoms with Gasteiger partial charge in [0.2, 0.25) is 11.8 Å². The number of rotatable bonds is 4. The maximum absolute atomic E-state index is 12.9. The molecular weight excluding hydrogens is 430 g/mol. The van der Waals surface area contributed by atoms with Crippen LogP contribution in [0.25, 0.3) is 0 Å². The van der Waals surface area contributed by atoms with Gasteiger partial charge in [0.25, 0.3) is 0 Å². The monoisotopic (exact) mass is 457 g/mol. The second-order valence-electron chi connectivity index (χ2n) is 8.83. The lowest BCUT2D eigenvalue weighted by Gasteiger charge is -2.29. The van der Waals surface area contributed by atoms with E-state index in [9.17, 15) is 14.4 Å². The number of carbonyl (C=O) groups excluding carboxylic acids is 3. The van der Waals surface area contributed by atoms with E-state index in [0.717, 1.165) is 18.4 Å². The summed E-state index contributed by atoms with van der Waals surface area (Å²) < 4.78 is 1.30. The van der Waals surface area contributed by atoms with Crippen molar-refractivity contribution in [1.29, 1.82) is 0 Å². The fourth-order valence-corrected chi connectivity index (χ4v) is 5.14. The predicted octanol–water partition coefficient (Wildman–Crippen LogP) is 3.25. The number of carbonyl (C=O) groups is 3. The lowest BCUT2D eigenvalue weighted by molar-refractivity contribution is -0.131. The molecule has 32 heavy (non-hydrogen) atoms. The summed E-state index contributed by atoms with van der Waals surface area (Å²) in [4.78, 5) is 42.1. The van der Waals surface area contributed by atoms with Crippen LogP contribution in [0.4, 0.5) is 10.5 Å². The Hall–Kier alpha value is -2.87. The quantitative estimate of drug-likeness (QED) is 0.706. The van der Waals surface area contributed by atoms with E-state index in [1.54, 1.807) is 20.2 Å². The van der Waals surface area contributed by atoms with E-state index in [4.69, 9.17) is 11.6 Å². The molecule has 3 atom stereocenters. The molecule has 2 heterocycles. The average Bonchev–Trinajstić information content (AvgIpc) is 3.45. The number of fused-ring (bicyclic) bond motifs is 1. The molecule has 2 aromatic rings. The first kappa shape index (κ1) is 22.3. The third kappa shape index (κ3) is 4.50. The summed E-state index contributed by atoms with van der Waals surface area (Å²) in [7, 11) is 1.65. The molecule has 1 aliphatic heterocycles. The summed E-state index contributed by atoms with van der Waals surface area (Å²) in [6.07, 6.45) is 4.87. The van der Waals surface area contributed by atoms with E-state index < -0.39 is 0 Å². The van der Waals surface area contributed by atoms with Gasteiger partial charge in [0, 0.05) is 51.6 Å². The Kier molecular flexibility index (Phi) is 6.24. The summed E-state index contributed by atoms with van der Waals surface area (Å²) in [5.41, 5.74) is 1.61. The summed E-state index contributed by atoms with van der Waals surface area (Å²) in [5, 5.41) is 4.81. The highest BCUT2D eigenvalue weighted by Gasteiger charge is 2.45. The third-order valence-electron chi connectivity index (χ3n) is 6.71. The molecule has 9 heteroatoms. The minimum atomic E-state index is -0.179. The van der Waals surface area contributed by atoms with Crippen LogP contribution in [-0.4, -0.2) is 63.6 Å². The average molecular weight is 458 g/mol. The molecular formula is C23H28ClN5O3. The van der Waals surface area contributed by atoms with Crippen molar-refractivity contribution in [2.24, 2.45) is 11.8 Å². The normalized spacial score (nSPS) is 22.0. The summed E-state index contributed by atoms with van der Waals surface area (Å²) >= 11 is 6.11. The van der Waals surface area contributed by atoms with Crippen LogP contribution in [0.2, 0.25) is 5.02 Å². The minimum Gasteiger partial charge on any atom is -0.336 e. The van der Waals surface area contributed by atoms with Crippen LogP contribution in [0.1, 0.15) is 32.3 Å². The standard InChI is InChI=1S/C23H28ClN5O3/c1-15(30)26(3)22-10-25-29(14-22)23(32)27-12-18-8-21(9-19(18)13-27)28(16(2)31)11-17-5-4-6-20(24)7-17/h4-7,10,14,18-19,21H,8-9,11-13H2,1-3H3/t18-,19+,21?. The second-order valence-corrected chi connectivity index (χ2v) is 9.27. The van der Waals surface area contributed by atoms with E-state index in [-0.39, 0.29) is 23.9 Å². The molecule has 0 spiro atoms. The predicted molar refractivity (Wildman–Crippen MR) is 121 cm³/mol. The molecule has 2 aliphatic rings. The fourth-order valence-electron chi connectivity index (χ4n) is 4.93. The number of anilines is 1. The van der Waals surface area contributed by atoms with Gasteiger partial charge in [-0.3, -0.25) is 9.59 Å². The van der Waals surface area contributed by atoms with Crippen LogP contribution < -0.4 is 4.90 Å². The van der Waals surface area contributed by atoms with Gasteiger partial charge < -0.3 is 14.7 Å². The van der Waals surface area contributed by atoms with Crippen LogP contribution in [-0.2, 0) is 16.1 Å². The zero-order valence-electron chi connectivity index (χ0n) is 18.6. The van der Waals surface area contributed by atoms with Crippen molar-refractivity contribution >= 4 is 35.1 Å². The summed E-state index contributed by atoms with van der Waals surface area (Å²) in [6.45, 7) is 4.93. The lowest BCUT2D eigenvalue weighted by atomic mass is 10.0. The molecule has 8 nitrogen and oxygen atoms in total. The Morgan fingerprint density at radius 3 is 2.41 bits per heavy atom.